The molecule has 0 amide bonds. The highest BCUT2D eigenvalue weighted by molar-refractivity contribution is 4.83. The van der Waals surface area contributed by atoms with Crippen LogP contribution in [0.3, 0.4) is 0 Å². The second kappa shape index (κ2) is 8.09. The van der Waals surface area contributed by atoms with Crippen molar-refractivity contribution in [2.75, 3.05) is 73.0 Å². The Labute approximate surface area is 137 Å². The van der Waals surface area contributed by atoms with Crippen molar-refractivity contribution < 1.29 is 0 Å². The van der Waals surface area contributed by atoms with Gasteiger partial charge in [0.1, 0.15) is 0 Å². The first kappa shape index (κ1) is 16.7. The van der Waals surface area contributed by atoms with Crippen LogP contribution in [0.5, 0.6) is 0 Å². The normalized spacial score (nSPS) is 31.1. The van der Waals surface area contributed by atoms with Crippen LogP contribution in [0.2, 0.25) is 0 Å². The summed E-state index contributed by atoms with van der Waals surface area (Å²) in [6, 6.07) is 0.868. The molecular weight excluding hydrogens is 272 g/mol. The summed E-state index contributed by atoms with van der Waals surface area (Å²) in [7, 11) is 4.53. The van der Waals surface area contributed by atoms with Crippen LogP contribution in [0.15, 0.2) is 0 Å². The van der Waals surface area contributed by atoms with Crippen molar-refractivity contribution in [1.29, 1.82) is 0 Å². The minimum atomic E-state index is 0.868. The smallest absolute Gasteiger partial charge is 0.0121 e. The molecule has 0 aliphatic carbocycles. The molecule has 0 N–H and O–H groups in total. The summed E-state index contributed by atoms with van der Waals surface area (Å²) in [6.07, 6.45) is 7.05. The van der Waals surface area contributed by atoms with Gasteiger partial charge in [-0.25, -0.2) is 0 Å². The van der Waals surface area contributed by atoms with E-state index in [1.54, 1.807) is 0 Å². The van der Waals surface area contributed by atoms with E-state index in [1.165, 1.54) is 91.0 Å². The summed E-state index contributed by atoms with van der Waals surface area (Å²) >= 11 is 0. The summed E-state index contributed by atoms with van der Waals surface area (Å²) < 4.78 is 0. The molecule has 4 nitrogen and oxygen atoms in total. The lowest BCUT2D eigenvalue weighted by atomic mass is 10.0. The average molecular weight is 309 g/mol. The zero-order valence-corrected chi connectivity index (χ0v) is 14.8. The van der Waals surface area contributed by atoms with E-state index in [0.717, 1.165) is 12.0 Å². The quantitative estimate of drug-likeness (QED) is 0.762. The van der Waals surface area contributed by atoms with E-state index >= 15 is 0 Å². The number of hydrogen-bond donors (Lipinski definition) is 0. The van der Waals surface area contributed by atoms with Crippen molar-refractivity contribution in [3.8, 4) is 0 Å². The molecule has 0 aromatic rings. The molecule has 1 atom stereocenters. The van der Waals surface area contributed by atoms with Gasteiger partial charge < -0.3 is 14.7 Å². The minimum Gasteiger partial charge on any atom is -0.306 e. The Morgan fingerprint density at radius 3 is 2.09 bits per heavy atom. The number of nitrogens with zero attached hydrogens (tertiary/aromatic N) is 4. The van der Waals surface area contributed by atoms with Crippen molar-refractivity contribution in [3.05, 3.63) is 0 Å². The highest BCUT2D eigenvalue weighted by atomic mass is 15.3. The minimum absolute atomic E-state index is 0.868. The highest BCUT2D eigenvalue weighted by Gasteiger charge is 2.26. The monoisotopic (exact) mass is 308 g/mol. The summed E-state index contributed by atoms with van der Waals surface area (Å²) in [6.45, 7) is 11.8. The van der Waals surface area contributed by atoms with E-state index in [4.69, 9.17) is 0 Å². The first-order valence-corrected chi connectivity index (χ1v) is 9.54. The Bertz CT molecular complexity index is 319. The molecule has 3 fully saturated rings. The van der Waals surface area contributed by atoms with Gasteiger partial charge in [0.2, 0.25) is 0 Å². The maximum atomic E-state index is 2.77. The van der Waals surface area contributed by atoms with Gasteiger partial charge in [-0.2, -0.15) is 0 Å². The van der Waals surface area contributed by atoms with Crippen molar-refractivity contribution in [3.63, 3.8) is 0 Å². The molecule has 3 aliphatic rings. The van der Waals surface area contributed by atoms with Crippen molar-refractivity contribution in [1.82, 2.24) is 19.6 Å². The van der Waals surface area contributed by atoms with Crippen molar-refractivity contribution in [2.45, 2.75) is 38.1 Å². The number of likely N-dealkylation sites (tertiary alicyclic amines) is 2. The molecule has 3 rings (SSSR count). The molecule has 0 spiro atoms. The van der Waals surface area contributed by atoms with E-state index in [9.17, 15) is 0 Å². The molecule has 22 heavy (non-hydrogen) atoms. The van der Waals surface area contributed by atoms with E-state index < -0.39 is 0 Å². The van der Waals surface area contributed by atoms with Crippen LogP contribution >= 0.6 is 0 Å². The summed E-state index contributed by atoms with van der Waals surface area (Å²) in [4.78, 5) is 10.5. The van der Waals surface area contributed by atoms with Crippen LogP contribution in [-0.4, -0.2) is 98.6 Å². The van der Waals surface area contributed by atoms with Gasteiger partial charge in [0, 0.05) is 38.8 Å². The fourth-order valence-corrected chi connectivity index (χ4v) is 4.58. The second-order valence-electron chi connectivity index (χ2n) is 7.97. The zero-order valence-electron chi connectivity index (χ0n) is 14.8. The van der Waals surface area contributed by atoms with Gasteiger partial charge >= 0.3 is 0 Å². The first-order valence-electron chi connectivity index (χ1n) is 9.54. The van der Waals surface area contributed by atoms with E-state index in [0.29, 0.717) is 0 Å². The fourth-order valence-electron chi connectivity index (χ4n) is 4.58. The third kappa shape index (κ3) is 4.67. The number of piperidine rings is 1. The molecule has 128 valence electrons. The van der Waals surface area contributed by atoms with E-state index in [1.807, 2.05) is 0 Å². The van der Waals surface area contributed by atoms with Crippen molar-refractivity contribution >= 4 is 0 Å². The van der Waals surface area contributed by atoms with Gasteiger partial charge in [0.25, 0.3) is 0 Å². The zero-order chi connectivity index (χ0) is 15.4. The molecule has 0 saturated carbocycles. The molecular formula is C18H36N4. The number of rotatable bonds is 5. The lowest BCUT2D eigenvalue weighted by molar-refractivity contribution is 0.0636. The predicted octanol–water partition coefficient (Wildman–Crippen LogP) is 1.43. The van der Waals surface area contributed by atoms with Crippen LogP contribution in [0.1, 0.15) is 32.1 Å². The number of hydrogen-bond acceptors (Lipinski definition) is 4. The second-order valence-corrected chi connectivity index (χ2v) is 7.97. The number of piperazine rings is 1. The first-order chi connectivity index (χ1) is 10.7. The lowest BCUT2D eigenvalue weighted by Crippen LogP contribution is -2.52. The maximum Gasteiger partial charge on any atom is 0.0121 e. The standard InChI is InChI=1S/C18H36N4/c1-19-10-6-18(7-11-19)22-14-12-21(13-15-22)8-3-4-17-5-9-20(2)16-17/h17-18H,3-16H2,1-2H3. The topological polar surface area (TPSA) is 13.0 Å². The third-order valence-electron chi connectivity index (χ3n) is 6.19. The molecule has 0 aromatic heterocycles. The molecule has 4 heteroatoms. The predicted molar refractivity (Wildman–Crippen MR) is 93.4 cm³/mol. The highest BCUT2D eigenvalue weighted by Crippen LogP contribution is 2.21. The van der Waals surface area contributed by atoms with Crippen LogP contribution in [0.4, 0.5) is 0 Å². The average Bonchev–Trinajstić information content (AvgIpc) is 2.94. The molecule has 0 radical (unpaired) electrons. The van der Waals surface area contributed by atoms with Crippen molar-refractivity contribution in [2.24, 2.45) is 5.92 Å². The van der Waals surface area contributed by atoms with Crippen LogP contribution in [0.25, 0.3) is 0 Å². The molecule has 3 aliphatic heterocycles. The van der Waals surface area contributed by atoms with Gasteiger partial charge in [-0.15, -0.1) is 0 Å². The Morgan fingerprint density at radius 1 is 0.773 bits per heavy atom. The molecule has 1 unspecified atom stereocenters. The molecule has 0 aromatic carbocycles. The van der Waals surface area contributed by atoms with Gasteiger partial charge in [-0.05, 0) is 78.3 Å². The maximum absolute atomic E-state index is 2.77. The van der Waals surface area contributed by atoms with Gasteiger partial charge in [-0.1, -0.05) is 0 Å². The van der Waals surface area contributed by atoms with E-state index in [2.05, 4.69) is 33.7 Å². The van der Waals surface area contributed by atoms with Crippen LogP contribution < -0.4 is 0 Å². The Balaban J connectivity index is 1.29. The summed E-state index contributed by atoms with van der Waals surface area (Å²) in [5, 5.41) is 0. The molecule has 0 bridgehead atoms. The Hall–Kier alpha value is -0.160. The SMILES string of the molecule is CN1CCC(N2CCN(CCCC3CCN(C)C3)CC2)CC1. The Morgan fingerprint density at radius 2 is 1.45 bits per heavy atom. The summed E-state index contributed by atoms with van der Waals surface area (Å²) in [5.41, 5.74) is 0. The lowest BCUT2D eigenvalue weighted by Gasteiger charge is -2.42. The van der Waals surface area contributed by atoms with Gasteiger partial charge in [0.05, 0.1) is 0 Å². The van der Waals surface area contributed by atoms with Gasteiger partial charge in [0.15, 0.2) is 0 Å². The van der Waals surface area contributed by atoms with Gasteiger partial charge in [-0.3, -0.25) is 4.90 Å². The largest absolute Gasteiger partial charge is 0.306 e. The Kier molecular flexibility index (Phi) is 6.14. The van der Waals surface area contributed by atoms with E-state index in [-0.39, 0.29) is 0 Å². The summed E-state index contributed by atoms with van der Waals surface area (Å²) in [5.74, 6) is 0.977. The molecule has 3 heterocycles. The molecule has 3 saturated heterocycles. The van der Waals surface area contributed by atoms with Crippen LogP contribution in [-0.2, 0) is 0 Å². The van der Waals surface area contributed by atoms with Crippen LogP contribution in [0, 0.1) is 5.92 Å². The third-order valence-corrected chi connectivity index (χ3v) is 6.19. The fraction of sp³-hybridized carbons (Fsp3) is 1.00.